The number of nitrogens with zero attached hydrogens (tertiary/aromatic N) is 1. The van der Waals surface area contributed by atoms with Crippen LogP contribution in [0.15, 0.2) is 29.2 Å². The summed E-state index contributed by atoms with van der Waals surface area (Å²) in [4.78, 5) is 11.4. The zero-order valence-corrected chi connectivity index (χ0v) is 12.0. The Hall–Kier alpha value is -1.44. The van der Waals surface area contributed by atoms with Crippen LogP contribution in [0.5, 0.6) is 0 Å². The first-order valence-electron chi connectivity index (χ1n) is 6.32. The van der Waals surface area contributed by atoms with Crippen molar-refractivity contribution in [1.29, 1.82) is 0 Å². The molecule has 1 aliphatic rings. The minimum Gasteiger partial charge on any atom is -0.465 e. The van der Waals surface area contributed by atoms with Gasteiger partial charge in [0.05, 0.1) is 24.2 Å². The van der Waals surface area contributed by atoms with Crippen molar-refractivity contribution < 1.29 is 23.1 Å². The summed E-state index contributed by atoms with van der Waals surface area (Å²) in [6.45, 7) is 0.228. The van der Waals surface area contributed by atoms with Crippen molar-refractivity contribution in [2.75, 3.05) is 20.3 Å². The lowest BCUT2D eigenvalue weighted by molar-refractivity contribution is 0.0600. The Balaban J connectivity index is 2.28. The number of carbonyl (C=O) groups excluding carboxylic acids is 1. The molecule has 1 atom stereocenters. The first-order valence-corrected chi connectivity index (χ1v) is 7.76. The normalized spacial score (nSPS) is 20.0. The molecule has 1 aromatic carbocycles. The molecule has 1 fully saturated rings. The van der Waals surface area contributed by atoms with Crippen LogP contribution in [0.25, 0.3) is 0 Å². The largest absolute Gasteiger partial charge is 0.465 e. The molecule has 1 N–H and O–H groups in total. The molecule has 0 radical (unpaired) electrons. The zero-order valence-electron chi connectivity index (χ0n) is 11.2. The van der Waals surface area contributed by atoms with Gasteiger partial charge in [0.25, 0.3) is 0 Å². The van der Waals surface area contributed by atoms with Crippen molar-refractivity contribution in [3.05, 3.63) is 29.8 Å². The van der Waals surface area contributed by atoms with E-state index in [1.54, 1.807) is 0 Å². The number of aliphatic hydroxyl groups excluding tert-OH is 1. The molecule has 7 heteroatoms. The van der Waals surface area contributed by atoms with Crippen molar-refractivity contribution in [3.8, 4) is 0 Å². The molecule has 2 rings (SSSR count). The predicted octanol–water partition coefficient (Wildman–Crippen LogP) is 0.619. The van der Waals surface area contributed by atoms with Crippen LogP contribution >= 0.6 is 0 Å². The number of hydrogen-bond acceptors (Lipinski definition) is 5. The summed E-state index contributed by atoms with van der Waals surface area (Å²) in [5.41, 5.74) is 0.298. The lowest BCUT2D eigenvalue weighted by Crippen LogP contribution is -2.37. The second-order valence-corrected chi connectivity index (χ2v) is 6.50. The van der Waals surface area contributed by atoms with Gasteiger partial charge >= 0.3 is 5.97 Å². The maximum Gasteiger partial charge on any atom is 0.337 e. The summed E-state index contributed by atoms with van der Waals surface area (Å²) < 4.78 is 30.8. The van der Waals surface area contributed by atoms with E-state index in [0.29, 0.717) is 18.5 Å². The van der Waals surface area contributed by atoms with Crippen LogP contribution in [0.4, 0.5) is 0 Å². The molecule has 1 aromatic rings. The maximum absolute atomic E-state index is 12.5. The molecule has 1 aliphatic heterocycles. The SMILES string of the molecule is COC(=O)c1ccc(S(=O)(=O)N2CCC[C@H]2CO)cc1. The third kappa shape index (κ3) is 2.70. The number of benzene rings is 1. The van der Waals surface area contributed by atoms with Gasteiger partial charge in [-0.25, -0.2) is 13.2 Å². The Bertz CT molecular complexity index is 581. The summed E-state index contributed by atoms with van der Waals surface area (Å²) in [7, 11) is -2.36. The van der Waals surface area contributed by atoms with Crippen LogP contribution < -0.4 is 0 Å². The molecule has 0 amide bonds. The highest BCUT2D eigenvalue weighted by Crippen LogP contribution is 2.25. The number of sulfonamides is 1. The lowest BCUT2D eigenvalue weighted by Gasteiger charge is -2.22. The molecule has 0 spiro atoms. The first kappa shape index (κ1) is 15.0. The van der Waals surface area contributed by atoms with Gasteiger partial charge in [0.15, 0.2) is 0 Å². The van der Waals surface area contributed by atoms with Gasteiger partial charge in [0.2, 0.25) is 10.0 Å². The molecule has 0 unspecified atom stereocenters. The molecule has 1 saturated heterocycles. The minimum absolute atomic E-state index is 0.116. The highest BCUT2D eigenvalue weighted by Gasteiger charge is 2.34. The van der Waals surface area contributed by atoms with Gasteiger partial charge in [0, 0.05) is 12.6 Å². The Morgan fingerprint density at radius 3 is 2.60 bits per heavy atom. The Morgan fingerprint density at radius 1 is 1.40 bits per heavy atom. The van der Waals surface area contributed by atoms with Gasteiger partial charge in [-0.05, 0) is 37.1 Å². The molecule has 1 heterocycles. The summed E-state index contributed by atoms with van der Waals surface area (Å²) in [6.07, 6.45) is 1.40. The van der Waals surface area contributed by atoms with E-state index >= 15 is 0 Å². The monoisotopic (exact) mass is 299 g/mol. The van der Waals surface area contributed by atoms with Crippen LogP contribution in [-0.4, -0.2) is 50.1 Å². The number of rotatable bonds is 4. The van der Waals surface area contributed by atoms with Crippen LogP contribution in [0.2, 0.25) is 0 Å². The minimum atomic E-state index is -3.63. The standard InChI is InChI=1S/C13H17NO5S/c1-19-13(16)10-4-6-12(7-5-10)20(17,18)14-8-2-3-11(14)9-15/h4-7,11,15H,2-3,8-9H2,1H3/t11-/m0/s1. The molecule has 0 aromatic heterocycles. The van der Waals surface area contributed by atoms with Gasteiger partial charge in [-0.1, -0.05) is 0 Å². The quantitative estimate of drug-likeness (QED) is 0.824. The van der Waals surface area contributed by atoms with Crippen molar-refractivity contribution in [2.24, 2.45) is 0 Å². The van der Waals surface area contributed by atoms with E-state index in [-0.39, 0.29) is 17.5 Å². The summed E-state index contributed by atoms with van der Waals surface area (Å²) in [6, 6.07) is 5.24. The van der Waals surface area contributed by atoms with Crippen molar-refractivity contribution in [1.82, 2.24) is 4.31 Å². The van der Waals surface area contributed by atoms with E-state index in [0.717, 1.165) is 6.42 Å². The fraction of sp³-hybridized carbons (Fsp3) is 0.462. The van der Waals surface area contributed by atoms with E-state index in [1.165, 1.54) is 35.7 Å². The number of aliphatic hydroxyl groups is 1. The molecule has 20 heavy (non-hydrogen) atoms. The van der Waals surface area contributed by atoms with Gasteiger partial charge in [-0.3, -0.25) is 0 Å². The molecule has 6 nitrogen and oxygen atoms in total. The Morgan fingerprint density at radius 2 is 2.05 bits per heavy atom. The number of ether oxygens (including phenoxy) is 1. The van der Waals surface area contributed by atoms with Gasteiger partial charge in [0.1, 0.15) is 0 Å². The summed E-state index contributed by atoms with van der Waals surface area (Å²) in [5, 5.41) is 9.23. The van der Waals surface area contributed by atoms with Crippen LogP contribution in [-0.2, 0) is 14.8 Å². The van der Waals surface area contributed by atoms with Crippen molar-refractivity contribution >= 4 is 16.0 Å². The summed E-state index contributed by atoms with van der Waals surface area (Å²) in [5.74, 6) is -0.511. The van der Waals surface area contributed by atoms with Gasteiger partial charge in [-0.2, -0.15) is 4.31 Å². The lowest BCUT2D eigenvalue weighted by atomic mass is 10.2. The highest BCUT2D eigenvalue weighted by atomic mass is 32.2. The third-order valence-electron chi connectivity index (χ3n) is 3.42. The average Bonchev–Trinajstić information content (AvgIpc) is 2.95. The van der Waals surface area contributed by atoms with Gasteiger partial charge < -0.3 is 9.84 Å². The predicted molar refractivity (Wildman–Crippen MR) is 71.8 cm³/mol. The molecular weight excluding hydrogens is 282 g/mol. The van der Waals surface area contributed by atoms with Crippen LogP contribution in [0.3, 0.4) is 0 Å². The molecule has 0 aliphatic carbocycles. The van der Waals surface area contributed by atoms with Crippen LogP contribution in [0.1, 0.15) is 23.2 Å². The third-order valence-corrected chi connectivity index (χ3v) is 5.38. The van der Waals surface area contributed by atoms with Gasteiger partial charge in [-0.15, -0.1) is 0 Å². The second kappa shape index (κ2) is 5.90. The van der Waals surface area contributed by atoms with Crippen LogP contribution in [0, 0.1) is 0 Å². The number of hydrogen-bond donors (Lipinski definition) is 1. The van der Waals surface area contributed by atoms with E-state index in [9.17, 15) is 18.3 Å². The van der Waals surface area contributed by atoms with E-state index in [1.807, 2.05) is 0 Å². The highest BCUT2D eigenvalue weighted by molar-refractivity contribution is 7.89. The fourth-order valence-electron chi connectivity index (χ4n) is 2.32. The molecular formula is C13H17NO5S. The molecule has 0 bridgehead atoms. The second-order valence-electron chi connectivity index (χ2n) is 4.61. The maximum atomic E-state index is 12.5. The molecule has 110 valence electrons. The van der Waals surface area contributed by atoms with E-state index in [4.69, 9.17) is 0 Å². The number of esters is 1. The van der Waals surface area contributed by atoms with Crippen molar-refractivity contribution in [2.45, 2.75) is 23.8 Å². The van der Waals surface area contributed by atoms with E-state index in [2.05, 4.69) is 4.74 Å². The van der Waals surface area contributed by atoms with Crippen molar-refractivity contribution in [3.63, 3.8) is 0 Å². The Kier molecular flexibility index (Phi) is 4.42. The van der Waals surface area contributed by atoms with E-state index < -0.39 is 16.0 Å². The zero-order chi connectivity index (χ0) is 14.8. The first-order chi connectivity index (χ1) is 9.50. The average molecular weight is 299 g/mol. The fourth-order valence-corrected chi connectivity index (χ4v) is 4.01. The summed E-state index contributed by atoms with van der Waals surface area (Å²) >= 11 is 0. The number of methoxy groups -OCH3 is 1. The Labute approximate surface area is 118 Å². The molecule has 0 saturated carbocycles. The topological polar surface area (TPSA) is 83.9 Å². The number of carbonyl (C=O) groups is 1. The smallest absolute Gasteiger partial charge is 0.337 e.